The second kappa shape index (κ2) is 13.6. The number of phenolic OH excluding ortho intramolecular Hbond substituents is 4. The summed E-state index contributed by atoms with van der Waals surface area (Å²) in [5.41, 5.74) is 2.73. The lowest BCUT2D eigenvalue weighted by Gasteiger charge is -2.40. The second-order valence-electron chi connectivity index (χ2n) is 11.0. The van der Waals surface area contributed by atoms with Crippen molar-refractivity contribution in [1.82, 2.24) is 0 Å². The fourth-order valence-electron chi connectivity index (χ4n) is 5.24. The van der Waals surface area contributed by atoms with Crippen LogP contribution in [0.5, 0.6) is 34.5 Å². The summed E-state index contributed by atoms with van der Waals surface area (Å²) in [4.78, 5) is 12.4. The Kier molecular flexibility index (Phi) is 9.63. The van der Waals surface area contributed by atoms with Crippen LogP contribution in [0.1, 0.15) is 33.9 Å². The van der Waals surface area contributed by atoms with Gasteiger partial charge in [0, 0.05) is 18.2 Å². The minimum atomic E-state index is -1.77. The largest absolute Gasteiger partial charge is 0.571 e. The Morgan fingerprint density at radius 2 is 1.74 bits per heavy atom. The summed E-state index contributed by atoms with van der Waals surface area (Å²) in [6.07, 6.45) is -3.57. The summed E-state index contributed by atoms with van der Waals surface area (Å²) in [5.74, 6) is -1.20. The van der Waals surface area contributed by atoms with Crippen molar-refractivity contribution in [3.63, 3.8) is 0 Å². The summed E-state index contributed by atoms with van der Waals surface area (Å²) >= 11 is 0. The quantitative estimate of drug-likeness (QED) is 0.0771. The van der Waals surface area contributed by atoms with E-state index in [-0.39, 0.29) is 40.1 Å². The summed E-state index contributed by atoms with van der Waals surface area (Å²) in [5, 5.41) is 71.9. The number of carbonyl (C=O) groups is 1. The van der Waals surface area contributed by atoms with Gasteiger partial charge >= 0.3 is 5.97 Å². The summed E-state index contributed by atoms with van der Waals surface area (Å²) < 4.78 is 27.3. The van der Waals surface area contributed by atoms with Crippen LogP contribution >= 0.6 is 0 Å². The first-order valence-electron chi connectivity index (χ1n) is 14.4. The molecule has 13 nitrogen and oxygen atoms in total. The molecule has 3 aromatic carbocycles. The van der Waals surface area contributed by atoms with Crippen molar-refractivity contribution in [3.05, 3.63) is 88.7 Å². The molecule has 0 radical (unpaired) electrons. The average Bonchev–Trinajstić information content (AvgIpc) is 3.05. The van der Waals surface area contributed by atoms with Gasteiger partial charge in [-0.2, -0.15) is 0 Å². The van der Waals surface area contributed by atoms with E-state index < -0.39 is 49.4 Å². The van der Waals surface area contributed by atoms with Gasteiger partial charge in [0.2, 0.25) is 6.29 Å². The van der Waals surface area contributed by atoms with Crippen molar-refractivity contribution in [3.8, 4) is 34.5 Å². The number of hydrogen-bond donors (Lipinski definition) is 7. The molecule has 3 aromatic rings. The molecule has 2 aliphatic rings. The minimum absolute atomic E-state index is 0.0721. The van der Waals surface area contributed by atoms with Crippen LogP contribution in [-0.2, 0) is 19.0 Å². The van der Waals surface area contributed by atoms with Gasteiger partial charge in [-0.25, -0.2) is 4.79 Å². The Balaban J connectivity index is 1.39. The van der Waals surface area contributed by atoms with E-state index in [0.29, 0.717) is 16.9 Å². The van der Waals surface area contributed by atoms with Gasteiger partial charge in [0.15, 0.2) is 17.3 Å². The Morgan fingerprint density at radius 3 is 2.45 bits per heavy atom. The third-order valence-corrected chi connectivity index (χ3v) is 7.85. The number of aliphatic hydroxyl groups is 4. The number of benzene rings is 3. The van der Waals surface area contributed by atoms with Crippen molar-refractivity contribution in [2.75, 3.05) is 13.7 Å². The Labute approximate surface area is 269 Å². The van der Waals surface area contributed by atoms with E-state index in [0.717, 1.165) is 23.3 Å². The van der Waals surface area contributed by atoms with Crippen molar-refractivity contribution in [2.24, 2.45) is 0 Å². The van der Waals surface area contributed by atoms with Gasteiger partial charge in [0.25, 0.3) is 11.9 Å². The molecule has 0 aromatic heterocycles. The number of rotatable bonds is 9. The molecule has 0 saturated carbocycles. The third kappa shape index (κ3) is 6.98. The maximum atomic E-state index is 12.4. The van der Waals surface area contributed by atoms with Gasteiger partial charge in [-0.3, -0.25) is 0 Å². The molecular formula is C34H35O13+. The Hall–Kier alpha value is -5.21. The maximum absolute atomic E-state index is 12.4. The zero-order valence-corrected chi connectivity index (χ0v) is 25.3. The number of fused-ring (bicyclic) bond motifs is 1. The van der Waals surface area contributed by atoms with Crippen LogP contribution < -0.4 is 4.74 Å². The van der Waals surface area contributed by atoms with E-state index in [9.17, 15) is 40.5 Å². The molecule has 1 fully saturated rings. The normalized spacial score (nSPS) is 23.7. The Bertz CT molecular complexity index is 1730. The van der Waals surface area contributed by atoms with Crippen LogP contribution in [0.3, 0.4) is 0 Å². The highest BCUT2D eigenvalue weighted by atomic mass is 16.7. The van der Waals surface area contributed by atoms with Crippen molar-refractivity contribution in [2.45, 2.75) is 43.7 Å². The van der Waals surface area contributed by atoms with E-state index >= 15 is 0 Å². The molecule has 0 spiro atoms. The number of phenols is 4. The summed E-state index contributed by atoms with van der Waals surface area (Å²) in [6, 6.07) is 9.96. The SMILES string of the molecule is C=Cc1cc(C2[OH+]c3cc(O)cc(O)c3C=C2O[C@@H]2O[C@H](COC(=O)/C=C/c3ccc(O)c(O)c3)[C@@H](O)[C@H](O)[C@H]2O)cc(OC)c1C. The van der Waals surface area contributed by atoms with Gasteiger partial charge in [-0.1, -0.05) is 18.7 Å². The zero-order valence-electron chi connectivity index (χ0n) is 25.3. The molecule has 0 aliphatic carbocycles. The summed E-state index contributed by atoms with van der Waals surface area (Å²) in [7, 11) is 1.51. The van der Waals surface area contributed by atoms with Gasteiger partial charge in [-0.15, -0.1) is 0 Å². The van der Waals surface area contributed by atoms with E-state index in [1.165, 1.54) is 43.5 Å². The fourth-order valence-corrected chi connectivity index (χ4v) is 5.24. The monoisotopic (exact) mass is 651 g/mol. The lowest BCUT2D eigenvalue weighted by molar-refractivity contribution is -0.296. The van der Waals surface area contributed by atoms with E-state index in [1.54, 1.807) is 18.2 Å². The number of aromatic hydroxyl groups is 5. The molecular weight excluding hydrogens is 616 g/mol. The van der Waals surface area contributed by atoms with E-state index in [1.807, 2.05) is 6.92 Å². The highest BCUT2D eigenvalue weighted by Gasteiger charge is 2.47. The number of carbonyl (C=O) groups excluding carboxylic acids is 1. The first-order chi connectivity index (χ1) is 22.4. The van der Waals surface area contributed by atoms with E-state index in [4.69, 9.17) is 23.7 Å². The molecule has 1 unspecified atom stereocenters. The van der Waals surface area contributed by atoms with Gasteiger partial charge < -0.3 is 59.4 Å². The topological polar surface area (TPSA) is 208 Å². The lowest BCUT2D eigenvalue weighted by Crippen LogP contribution is -2.59. The van der Waals surface area contributed by atoms with Gasteiger partial charge in [0.05, 0.1) is 18.7 Å². The standard InChI is InChI=1S/C34H34O13/c1-4-18-10-19(11-25(43-3)16(18)2)33-27(14-21-23(37)12-20(35)13-26(21)45-33)46-34-32(42)31(41)30(40)28(47-34)15-44-29(39)8-6-17-5-7-22(36)24(38)9-17/h4-14,28,30-38,40-42H,1,15H2,2-3H3/p+1/b8-6+/t28-,30-,31+,32-,33?,34-/m1/s1. The lowest BCUT2D eigenvalue weighted by atomic mass is 9.96. The number of hydrogen-bond acceptors (Lipinski definition) is 12. The van der Waals surface area contributed by atoms with Crippen LogP contribution in [0, 0.1) is 6.92 Å². The van der Waals surface area contributed by atoms with Crippen LogP contribution in [0.25, 0.3) is 18.2 Å². The van der Waals surface area contributed by atoms with Gasteiger partial charge in [0.1, 0.15) is 53.8 Å². The van der Waals surface area contributed by atoms with Crippen LogP contribution in [0.15, 0.2) is 60.9 Å². The zero-order chi connectivity index (χ0) is 34.0. The minimum Gasteiger partial charge on any atom is -0.571 e. The highest BCUT2D eigenvalue weighted by Crippen LogP contribution is 2.46. The first-order valence-corrected chi connectivity index (χ1v) is 14.4. The number of methoxy groups -OCH3 is 1. The third-order valence-electron chi connectivity index (χ3n) is 7.85. The predicted molar refractivity (Wildman–Crippen MR) is 168 cm³/mol. The molecule has 2 aliphatic heterocycles. The molecule has 5 rings (SSSR count). The van der Waals surface area contributed by atoms with Gasteiger partial charge in [-0.05, 0) is 54.0 Å². The second-order valence-corrected chi connectivity index (χ2v) is 11.0. The molecule has 0 amide bonds. The van der Waals surface area contributed by atoms with Crippen LogP contribution in [-0.4, -0.2) is 90.9 Å². The van der Waals surface area contributed by atoms with Crippen molar-refractivity contribution < 1.29 is 64.2 Å². The molecule has 8 N–H and O–H groups in total. The predicted octanol–water partition coefficient (Wildman–Crippen LogP) is 2.89. The van der Waals surface area contributed by atoms with Crippen molar-refractivity contribution in [1.29, 1.82) is 0 Å². The number of ether oxygens (including phenoxy) is 5. The fraction of sp³-hybridized carbons (Fsp3) is 0.265. The molecule has 248 valence electrons. The molecule has 2 heterocycles. The molecule has 6 atom stereocenters. The number of esters is 1. The average molecular weight is 652 g/mol. The molecule has 1 saturated heterocycles. The number of aliphatic hydroxyl groups excluding tert-OH is 3. The highest BCUT2D eigenvalue weighted by molar-refractivity contribution is 5.87. The molecule has 0 bridgehead atoms. The first kappa shape index (κ1) is 33.2. The molecule has 13 heteroatoms. The maximum Gasteiger partial charge on any atom is 0.330 e. The van der Waals surface area contributed by atoms with E-state index in [2.05, 4.69) is 6.58 Å². The smallest absolute Gasteiger partial charge is 0.330 e. The van der Waals surface area contributed by atoms with Crippen LogP contribution in [0.2, 0.25) is 0 Å². The Morgan fingerprint density at radius 1 is 0.979 bits per heavy atom. The molecule has 47 heavy (non-hydrogen) atoms. The van der Waals surface area contributed by atoms with Crippen molar-refractivity contribution >= 4 is 24.2 Å². The van der Waals surface area contributed by atoms with Crippen LogP contribution in [0.4, 0.5) is 0 Å². The summed E-state index contributed by atoms with van der Waals surface area (Å²) in [6.45, 7) is 5.18.